The Kier molecular flexibility index (Phi) is 3.23. The van der Waals surface area contributed by atoms with Gasteiger partial charge < -0.3 is 10.2 Å². The Labute approximate surface area is 98.4 Å². The van der Waals surface area contributed by atoms with Crippen LogP contribution in [0.15, 0.2) is 0 Å². The maximum atomic E-state index is 13.1. The van der Waals surface area contributed by atoms with Crippen molar-refractivity contribution in [2.24, 2.45) is 5.41 Å². The second kappa shape index (κ2) is 4.10. The molecule has 1 saturated heterocycles. The van der Waals surface area contributed by atoms with Gasteiger partial charge in [0.2, 0.25) is 5.92 Å². The summed E-state index contributed by atoms with van der Waals surface area (Å²) in [5, 5.41) is 20.0. The van der Waals surface area contributed by atoms with E-state index in [1.165, 1.54) is 0 Å². The molecule has 1 aliphatic heterocycles. The van der Waals surface area contributed by atoms with E-state index in [-0.39, 0.29) is 32.3 Å². The molecule has 0 aromatic carbocycles. The van der Waals surface area contributed by atoms with Crippen LogP contribution in [0.1, 0.15) is 32.1 Å². The van der Waals surface area contributed by atoms with Gasteiger partial charge in [-0.05, 0) is 25.0 Å². The zero-order valence-corrected chi connectivity index (χ0v) is 10.0. The van der Waals surface area contributed by atoms with Crippen LogP contribution < -0.4 is 0 Å². The molecule has 0 bridgehead atoms. The molecule has 1 aliphatic carbocycles. The molecule has 2 fully saturated rings. The lowest BCUT2D eigenvalue weighted by Gasteiger charge is -2.48. The third kappa shape index (κ3) is 1.97. The van der Waals surface area contributed by atoms with E-state index in [1.807, 2.05) is 0 Å². The van der Waals surface area contributed by atoms with Crippen molar-refractivity contribution in [1.29, 1.82) is 0 Å². The van der Waals surface area contributed by atoms with E-state index in [0.717, 1.165) is 5.75 Å². The number of rotatable bonds is 2. The van der Waals surface area contributed by atoms with Gasteiger partial charge in [0.15, 0.2) is 0 Å². The standard InChI is InChI=1S/C11H18F2O2S/c12-11(13)3-1-9(7-14,2-4-11)10(15)5-6-16-8-10/h14-15H,1-8H2. The smallest absolute Gasteiger partial charge is 0.248 e. The summed E-state index contributed by atoms with van der Waals surface area (Å²) in [7, 11) is 0. The van der Waals surface area contributed by atoms with Gasteiger partial charge in [-0.15, -0.1) is 0 Å². The van der Waals surface area contributed by atoms with Crippen LogP contribution in [0.2, 0.25) is 0 Å². The Bertz CT molecular complexity index is 255. The number of aliphatic hydroxyl groups excluding tert-OH is 1. The largest absolute Gasteiger partial charge is 0.396 e. The molecule has 1 unspecified atom stereocenters. The van der Waals surface area contributed by atoms with Crippen LogP contribution in [-0.4, -0.2) is 39.8 Å². The summed E-state index contributed by atoms with van der Waals surface area (Å²) in [5.41, 5.74) is -1.64. The van der Waals surface area contributed by atoms with E-state index in [9.17, 15) is 19.0 Å². The Balaban J connectivity index is 2.15. The van der Waals surface area contributed by atoms with Crippen LogP contribution in [-0.2, 0) is 0 Å². The first-order valence-corrected chi connectivity index (χ1v) is 6.87. The Morgan fingerprint density at radius 1 is 1.06 bits per heavy atom. The second-order valence-corrected chi connectivity index (χ2v) is 6.23. The lowest BCUT2D eigenvalue weighted by atomic mass is 9.62. The Morgan fingerprint density at radius 3 is 2.12 bits per heavy atom. The molecule has 0 aromatic rings. The van der Waals surface area contributed by atoms with Gasteiger partial charge in [0.25, 0.3) is 0 Å². The number of halogens is 2. The molecular weight excluding hydrogens is 234 g/mol. The van der Waals surface area contributed by atoms with Crippen molar-refractivity contribution in [3.8, 4) is 0 Å². The summed E-state index contributed by atoms with van der Waals surface area (Å²) in [5.74, 6) is -1.19. The molecule has 1 saturated carbocycles. The highest BCUT2D eigenvalue weighted by atomic mass is 32.2. The van der Waals surface area contributed by atoms with Gasteiger partial charge in [-0.1, -0.05) is 0 Å². The van der Waals surface area contributed by atoms with Gasteiger partial charge in [-0.25, -0.2) is 8.78 Å². The molecule has 2 rings (SSSR count). The molecule has 0 radical (unpaired) electrons. The summed E-state index contributed by atoms with van der Waals surface area (Å²) in [6.45, 7) is -0.180. The summed E-state index contributed by atoms with van der Waals surface area (Å²) >= 11 is 1.64. The van der Waals surface area contributed by atoms with Gasteiger partial charge in [0, 0.05) is 24.0 Å². The van der Waals surface area contributed by atoms with Crippen molar-refractivity contribution >= 4 is 11.8 Å². The topological polar surface area (TPSA) is 40.5 Å². The summed E-state index contributed by atoms with van der Waals surface area (Å²) in [4.78, 5) is 0. The Morgan fingerprint density at radius 2 is 1.69 bits per heavy atom. The van der Waals surface area contributed by atoms with Crippen LogP contribution >= 0.6 is 11.8 Å². The van der Waals surface area contributed by atoms with Gasteiger partial charge in [-0.3, -0.25) is 0 Å². The van der Waals surface area contributed by atoms with E-state index < -0.39 is 16.9 Å². The number of aliphatic hydroxyl groups is 2. The fourth-order valence-corrected chi connectivity index (χ4v) is 4.25. The van der Waals surface area contributed by atoms with Gasteiger partial charge in [-0.2, -0.15) is 11.8 Å². The molecule has 5 heteroatoms. The summed E-state index contributed by atoms with van der Waals surface area (Å²) < 4.78 is 26.3. The molecule has 2 N–H and O–H groups in total. The predicted molar refractivity (Wildman–Crippen MR) is 59.8 cm³/mol. The van der Waals surface area contributed by atoms with Gasteiger partial charge >= 0.3 is 0 Å². The quantitative estimate of drug-likeness (QED) is 0.790. The molecule has 94 valence electrons. The first-order chi connectivity index (χ1) is 7.43. The maximum absolute atomic E-state index is 13.1. The van der Waals surface area contributed by atoms with Gasteiger partial charge in [0.1, 0.15) is 0 Å². The predicted octanol–water partition coefficient (Wildman–Crippen LogP) is 2.04. The van der Waals surface area contributed by atoms with E-state index in [0.29, 0.717) is 12.2 Å². The van der Waals surface area contributed by atoms with Crippen LogP contribution in [0.5, 0.6) is 0 Å². The van der Waals surface area contributed by atoms with E-state index >= 15 is 0 Å². The minimum Gasteiger partial charge on any atom is -0.396 e. The molecule has 0 spiro atoms. The molecule has 0 amide bonds. The summed E-state index contributed by atoms with van der Waals surface area (Å²) in [6.07, 6.45) is 0.659. The molecule has 1 heterocycles. The monoisotopic (exact) mass is 252 g/mol. The van der Waals surface area contributed by atoms with Crippen LogP contribution in [0.25, 0.3) is 0 Å². The van der Waals surface area contributed by atoms with Crippen molar-refractivity contribution in [3.05, 3.63) is 0 Å². The lowest BCUT2D eigenvalue weighted by Crippen LogP contribution is -2.54. The zero-order chi connectivity index (χ0) is 11.9. The van der Waals surface area contributed by atoms with Crippen LogP contribution in [0, 0.1) is 5.41 Å². The SMILES string of the molecule is OCC1(C2(O)CCSC2)CCC(F)(F)CC1. The van der Waals surface area contributed by atoms with Crippen LogP contribution in [0.3, 0.4) is 0 Å². The minimum absolute atomic E-state index is 0.180. The maximum Gasteiger partial charge on any atom is 0.248 e. The average molecular weight is 252 g/mol. The molecular formula is C11H18F2O2S. The number of thioether (sulfide) groups is 1. The fourth-order valence-electron chi connectivity index (χ4n) is 2.84. The molecule has 0 aromatic heterocycles. The van der Waals surface area contributed by atoms with E-state index in [4.69, 9.17) is 0 Å². The highest BCUT2D eigenvalue weighted by Crippen LogP contribution is 2.53. The number of alkyl halides is 2. The van der Waals surface area contributed by atoms with Crippen molar-refractivity contribution < 1.29 is 19.0 Å². The summed E-state index contributed by atoms with van der Waals surface area (Å²) in [6, 6.07) is 0. The highest BCUT2D eigenvalue weighted by molar-refractivity contribution is 7.99. The van der Waals surface area contributed by atoms with Crippen molar-refractivity contribution in [1.82, 2.24) is 0 Å². The molecule has 1 atom stereocenters. The zero-order valence-electron chi connectivity index (χ0n) is 9.22. The Hall–Kier alpha value is 0.130. The van der Waals surface area contributed by atoms with Crippen molar-refractivity contribution in [2.75, 3.05) is 18.1 Å². The third-order valence-corrected chi connectivity index (χ3v) is 5.40. The highest BCUT2D eigenvalue weighted by Gasteiger charge is 2.55. The second-order valence-electron chi connectivity index (χ2n) is 5.13. The molecule has 16 heavy (non-hydrogen) atoms. The van der Waals surface area contributed by atoms with E-state index in [2.05, 4.69) is 0 Å². The third-order valence-electron chi connectivity index (χ3n) is 4.23. The van der Waals surface area contributed by atoms with Gasteiger partial charge in [0.05, 0.1) is 12.2 Å². The lowest BCUT2D eigenvalue weighted by molar-refractivity contribution is -0.153. The van der Waals surface area contributed by atoms with Crippen molar-refractivity contribution in [2.45, 2.75) is 43.6 Å². The molecule has 2 aliphatic rings. The van der Waals surface area contributed by atoms with E-state index in [1.54, 1.807) is 11.8 Å². The first kappa shape index (κ1) is 12.6. The normalized spacial score (nSPS) is 37.5. The fraction of sp³-hybridized carbons (Fsp3) is 1.00. The minimum atomic E-state index is -2.61. The average Bonchev–Trinajstić information content (AvgIpc) is 2.67. The molecule has 2 nitrogen and oxygen atoms in total. The first-order valence-electron chi connectivity index (χ1n) is 5.72. The number of hydrogen-bond acceptors (Lipinski definition) is 3. The van der Waals surface area contributed by atoms with Crippen LogP contribution in [0.4, 0.5) is 8.78 Å². The number of hydrogen-bond donors (Lipinski definition) is 2. The van der Waals surface area contributed by atoms with Crippen molar-refractivity contribution in [3.63, 3.8) is 0 Å².